The predicted molar refractivity (Wildman–Crippen MR) is 96.5 cm³/mol. The van der Waals surface area contributed by atoms with Gasteiger partial charge in [0, 0.05) is 35.4 Å². The lowest BCUT2D eigenvalue weighted by Gasteiger charge is -2.12. The lowest BCUT2D eigenvalue weighted by molar-refractivity contribution is -0.112. The fourth-order valence-electron chi connectivity index (χ4n) is 2.55. The number of hydrogen-bond donors (Lipinski definition) is 1. The average molecular weight is 386 g/mol. The third kappa shape index (κ3) is 3.87. The van der Waals surface area contributed by atoms with Crippen LogP contribution in [0.15, 0.2) is 50.9 Å². The van der Waals surface area contributed by atoms with Gasteiger partial charge in [0.15, 0.2) is 5.88 Å². The highest BCUT2D eigenvalue weighted by atomic mass is 79.9. The molecule has 3 rings (SSSR count). The Labute approximate surface area is 148 Å². The van der Waals surface area contributed by atoms with Gasteiger partial charge in [-0.05, 0) is 43.2 Å². The number of anilines is 2. The summed E-state index contributed by atoms with van der Waals surface area (Å²) in [7, 11) is 0. The number of amides is 1. The number of furan rings is 1. The number of carbonyl (C=O) groups excluding carboxylic acids is 1. The molecule has 1 aromatic heterocycles. The molecular formula is C18H16BrN3O2. The summed E-state index contributed by atoms with van der Waals surface area (Å²) in [5.41, 5.74) is 0.627. The van der Waals surface area contributed by atoms with Crippen LogP contribution in [0.5, 0.6) is 0 Å². The standard InChI is InChI=1S/C18H16BrN3O2/c19-14-3-5-15(6-4-14)21-18(23)13(12-20)11-16-7-8-17(24-16)22-9-1-2-10-22/h3-8,11H,1-2,9-10H2,(H,21,23)/b13-11-. The second-order valence-corrected chi connectivity index (χ2v) is 6.42. The summed E-state index contributed by atoms with van der Waals surface area (Å²) in [6, 6.07) is 12.7. The van der Waals surface area contributed by atoms with E-state index in [-0.39, 0.29) is 5.57 Å². The van der Waals surface area contributed by atoms with Crippen LogP contribution in [0.3, 0.4) is 0 Å². The van der Waals surface area contributed by atoms with Gasteiger partial charge in [-0.15, -0.1) is 0 Å². The molecule has 1 aliphatic rings. The first-order chi connectivity index (χ1) is 11.7. The topological polar surface area (TPSA) is 69.3 Å². The van der Waals surface area contributed by atoms with Crippen LogP contribution < -0.4 is 10.2 Å². The summed E-state index contributed by atoms with van der Waals surface area (Å²) < 4.78 is 6.65. The van der Waals surface area contributed by atoms with E-state index in [0.29, 0.717) is 11.4 Å². The number of benzene rings is 1. The molecule has 0 bridgehead atoms. The van der Waals surface area contributed by atoms with Gasteiger partial charge in [0.2, 0.25) is 0 Å². The van der Waals surface area contributed by atoms with Gasteiger partial charge in [0.1, 0.15) is 17.4 Å². The van der Waals surface area contributed by atoms with Crippen molar-refractivity contribution in [1.82, 2.24) is 0 Å². The molecule has 1 N–H and O–H groups in total. The second kappa shape index (κ2) is 7.37. The average Bonchev–Trinajstić information content (AvgIpc) is 3.25. The Hall–Kier alpha value is -2.52. The molecule has 6 heteroatoms. The largest absolute Gasteiger partial charge is 0.441 e. The Morgan fingerprint density at radius 1 is 1.21 bits per heavy atom. The van der Waals surface area contributed by atoms with Gasteiger partial charge in [-0.3, -0.25) is 4.79 Å². The molecule has 1 fully saturated rings. The van der Waals surface area contributed by atoms with Crippen molar-refractivity contribution in [3.63, 3.8) is 0 Å². The highest BCUT2D eigenvalue weighted by Crippen LogP contribution is 2.24. The van der Waals surface area contributed by atoms with E-state index in [1.165, 1.54) is 6.08 Å². The van der Waals surface area contributed by atoms with Gasteiger partial charge in [-0.2, -0.15) is 5.26 Å². The molecule has 1 amide bonds. The van der Waals surface area contributed by atoms with E-state index >= 15 is 0 Å². The Morgan fingerprint density at radius 2 is 1.92 bits per heavy atom. The third-order valence-corrected chi connectivity index (χ3v) is 4.31. The Balaban J connectivity index is 1.72. The van der Waals surface area contributed by atoms with E-state index in [9.17, 15) is 10.1 Å². The zero-order chi connectivity index (χ0) is 16.9. The number of nitrogens with zero attached hydrogens (tertiary/aromatic N) is 2. The maximum absolute atomic E-state index is 12.2. The van der Waals surface area contributed by atoms with E-state index in [4.69, 9.17) is 4.42 Å². The van der Waals surface area contributed by atoms with Gasteiger partial charge in [-0.1, -0.05) is 15.9 Å². The molecule has 0 saturated carbocycles. The fraction of sp³-hybridized carbons (Fsp3) is 0.222. The van der Waals surface area contributed by atoms with Crippen LogP contribution in [0.1, 0.15) is 18.6 Å². The second-order valence-electron chi connectivity index (χ2n) is 5.50. The van der Waals surface area contributed by atoms with Crippen LogP contribution >= 0.6 is 15.9 Å². The minimum Gasteiger partial charge on any atom is -0.441 e. The number of rotatable bonds is 4. The van der Waals surface area contributed by atoms with Crippen LogP contribution in [0.25, 0.3) is 6.08 Å². The molecule has 0 atom stereocenters. The number of nitrogens with one attached hydrogen (secondary N) is 1. The molecule has 5 nitrogen and oxygen atoms in total. The molecule has 1 aliphatic heterocycles. The van der Waals surface area contributed by atoms with Crippen LogP contribution in [0, 0.1) is 11.3 Å². The summed E-state index contributed by atoms with van der Waals surface area (Å²) in [6.45, 7) is 1.96. The van der Waals surface area contributed by atoms with Crippen molar-refractivity contribution in [3.8, 4) is 6.07 Å². The van der Waals surface area contributed by atoms with E-state index in [1.807, 2.05) is 24.3 Å². The molecule has 2 heterocycles. The highest BCUT2D eigenvalue weighted by Gasteiger charge is 2.16. The summed E-state index contributed by atoms with van der Waals surface area (Å²) >= 11 is 3.34. The minimum absolute atomic E-state index is 0.000223. The van der Waals surface area contributed by atoms with Crippen molar-refractivity contribution < 1.29 is 9.21 Å². The van der Waals surface area contributed by atoms with Gasteiger partial charge in [0.25, 0.3) is 5.91 Å². The molecule has 0 unspecified atom stereocenters. The maximum atomic E-state index is 12.2. The molecular weight excluding hydrogens is 370 g/mol. The van der Waals surface area contributed by atoms with Crippen molar-refractivity contribution in [2.24, 2.45) is 0 Å². The van der Waals surface area contributed by atoms with Gasteiger partial charge in [-0.25, -0.2) is 0 Å². The summed E-state index contributed by atoms with van der Waals surface area (Å²) in [5.74, 6) is 0.822. The minimum atomic E-state index is -0.459. The van der Waals surface area contributed by atoms with E-state index < -0.39 is 5.91 Å². The molecule has 24 heavy (non-hydrogen) atoms. The summed E-state index contributed by atoms with van der Waals surface area (Å²) in [6.07, 6.45) is 3.78. The van der Waals surface area contributed by atoms with E-state index in [0.717, 1.165) is 36.3 Å². The van der Waals surface area contributed by atoms with Crippen molar-refractivity contribution in [1.29, 1.82) is 5.26 Å². The number of carbonyl (C=O) groups is 1. The van der Waals surface area contributed by atoms with Crippen molar-refractivity contribution >= 4 is 39.5 Å². The quantitative estimate of drug-likeness (QED) is 0.632. The maximum Gasteiger partial charge on any atom is 0.266 e. The molecule has 0 radical (unpaired) electrons. The normalized spacial score (nSPS) is 14.5. The Morgan fingerprint density at radius 3 is 2.58 bits per heavy atom. The molecule has 2 aromatic rings. The van der Waals surface area contributed by atoms with Gasteiger partial charge < -0.3 is 14.6 Å². The molecule has 1 aromatic carbocycles. The zero-order valence-corrected chi connectivity index (χ0v) is 14.5. The Bertz CT molecular complexity index is 796. The highest BCUT2D eigenvalue weighted by molar-refractivity contribution is 9.10. The smallest absolute Gasteiger partial charge is 0.266 e. The van der Waals surface area contributed by atoms with Crippen molar-refractivity contribution in [2.75, 3.05) is 23.3 Å². The van der Waals surface area contributed by atoms with Crippen LogP contribution in [0.4, 0.5) is 11.6 Å². The molecule has 0 aliphatic carbocycles. The van der Waals surface area contributed by atoms with Crippen LogP contribution in [0.2, 0.25) is 0 Å². The fourth-order valence-corrected chi connectivity index (χ4v) is 2.81. The monoisotopic (exact) mass is 385 g/mol. The van der Waals surface area contributed by atoms with Crippen molar-refractivity contribution in [3.05, 3.63) is 52.2 Å². The lowest BCUT2D eigenvalue weighted by Crippen LogP contribution is -2.16. The van der Waals surface area contributed by atoms with Crippen LogP contribution in [-0.2, 0) is 4.79 Å². The van der Waals surface area contributed by atoms with E-state index in [2.05, 4.69) is 26.1 Å². The molecule has 0 spiro atoms. The van der Waals surface area contributed by atoms with Gasteiger partial charge >= 0.3 is 0 Å². The number of halogens is 1. The molecule has 122 valence electrons. The number of nitriles is 1. The predicted octanol–water partition coefficient (Wildman–Crippen LogP) is 4.19. The number of hydrogen-bond acceptors (Lipinski definition) is 4. The Kier molecular flexibility index (Phi) is 5.02. The van der Waals surface area contributed by atoms with Gasteiger partial charge in [0.05, 0.1) is 0 Å². The summed E-state index contributed by atoms with van der Waals surface area (Å²) in [5, 5.41) is 12.0. The third-order valence-electron chi connectivity index (χ3n) is 3.78. The summed E-state index contributed by atoms with van der Waals surface area (Å²) in [4.78, 5) is 14.4. The first kappa shape index (κ1) is 16.3. The molecule has 1 saturated heterocycles. The van der Waals surface area contributed by atoms with Crippen molar-refractivity contribution in [2.45, 2.75) is 12.8 Å². The first-order valence-corrected chi connectivity index (χ1v) is 8.48. The lowest BCUT2D eigenvalue weighted by atomic mass is 10.2. The van der Waals surface area contributed by atoms with Crippen LogP contribution in [-0.4, -0.2) is 19.0 Å². The van der Waals surface area contributed by atoms with E-state index in [1.54, 1.807) is 18.2 Å². The SMILES string of the molecule is N#C/C(=C/c1ccc(N2CCCC2)o1)C(=O)Nc1ccc(Br)cc1. The zero-order valence-electron chi connectivity index (χ0n) is 13.0. The first-order valence-electron chi connectivity index (χ1n) is 7.69.